The van der Waals surface area contributed by atoms with Gasteiger partial charge in [0.1, 0.15) is 0 Å². The number of hydrogen-bond acceptors (Lipinski definition) is 0. The third-order valence-corrected chi connectivity index (χ3v) is 13.5. The average molecular weight is 731 g/mol. The second-order valence-corrected chi connectivity index (χ2v) is 18.4. The Morgan fingerprint density at radius 1 is 0.298 bits per heavy atom. The van der Waals surface area contributed by atoms with Crippen LogP contribution in [0.2, 0.25) is 0 Å². The van der Waals surface area contributed by atoms with Gasteiger partial charge in [0, 0.05) is 5.41 Å². The van der Waals surface area contributed by atoms with Crippen molar-refractivity contribution in [2.75, 3.05) is 0 Å². The number of fused-ring (bicyclic) bond motifs is 13. The van der Waals surface area contributed by atoms with Crippen molar-refractivity contribution in [1.82, 2.24) is 0 Å². The lowest BCUT2D eigenvalue weighted by atomic mass is 9.49. The maximum absolute atomic E-state index is 2.48. The summed E-state index contributed by atoms with van der Waals surface area (Å²) in [4.78, 5) is 0. The van der Waals surface area contributed by atoms with Crippen LogP contribution in [0.4, 0.5) is 0 Å². The molecule has 0 bridgehead atoms. The zero-order valence-corrected chi connectivity index (χ0v) is 33.7. The summed E-state index contributed by atoms with van der Waals surface area (Å²) < 4.78 is 0. The molecule has 0 atom stereocenters. The Morgan fingerprint density at radius 3 is 1.37 bits per heavy atom. The molecular weight excluding hydrogens is 685 g/mol. The van der Waals surface area contributed by atoms with E-state index in [-0.39, 0.29) is 16.2 Å². The Morgan fingerprint density at radius 2 is 0.772 bits per heavy atom. The Labute approximate surface area is 335 Å². The van der Waals surface area contributed by atoms with Crippen LogP contribution in [-0.2, 0) is 5.41 Å². The third-order valence-electron chi connectivity index (χ3n) is 13.5. The molecule has 274 valence electrons. The van der Waals surface area contributed by atoms with Crippen molar-refractivity contribution in [3.8, 4) is 33.4 Å². The molecule has 0 heteroatoms. The molecule has 0 amide bonds. The normalized spacial score (nSPS) is 13.9. The van der Waals surface area contributed by atoms with Crippen LogP contribution in [-0.4, -0.2) is 0 Å². The summed E-state index contributed by atoms with van der Waals surface area (Å²) in [5.41, 5.74) is 10.4. The maximum atomic E-state index is 2.48. The van der Waals surface area contributed by atoms with E-state index in [1.54, 1.807) is 0 Å². The van der Waals surface area contributed by atoms with E-state index in [0.717, 1.165) is 0 Å². The van der Waals surface area contributed by atoms with Crippen molar-refractivity contribution in [3.05, 3.63) is 181 Å². The van der Waals surface area contributed by atoms with E-state index in [1.165, 1.54) is 109 Å². The summed E-state index contributed by atoms with van der Waals surface area (Å²) in [6.07, 6.45) is 0. The topological polar surface area (TPSA) is 0 Å². The van der Waals surface area contributed by atoms with Crippen LogP contribution >= 0.6 is 0 Å². The predicted molar refractivity (Wildman–Crippen MR) is 247 cm³/mol. The van der Waals surface area contributed by atoms with Gasteiger partial charge in [0.2, 0.25) is 0 Å². The minimum atomic E-state index is -0.283. The van der Waals surface area contributed by atoms with Crippen LogP contribution in [0.25, 0.3) is 98.0 Å². The predicted octanol–water partition coefficient (Wildman–Crippen LogP) is 16.3. The first-order valence-corrected chi connectivity index (χ1v) is 20.5. The molecule has 0 N–H and O–H groups in total. The fourth-order valence-corrected chi connectivity index (χ4v) is 11.8. The highest BCUT2D eigenvalue weighted by atomic mass is 14.6. The molecule has 1 aliphatic carbocycles. The molecule has 0 aliphatic heterocycles. The summed E-state index contributed by atoms with van der Waals surface area (Å²) >= 11 is 0. The van der Waals surface area contributed by atoms with Crippen molar-refractivity contribution < 1.29 is 0 Å². The van der Waals surface area contributed by atoms with Crippen LogP contribution < -0.4 is 0 Å². The van der Waals surface area contributed by atoms with Crippen molar-refractivity contribution in [1.29, 1.82) is 0 Å². The Balaban J connectivity index is 1.24. The van der Waals surface area contributed by atoms with Crippen molar-refractivity contribution in [2.45, 2.75) is 47.0 Å². The summed E-state index contributed by atoms with van der Waals surface area (Å²) in [7, 11) is 0. The molecule has 0 radical (unpaired) electrons. The van der Waals surface area contributed by atoms with E-state index in [4.69, 9.17) is 0 Å². The lowest BCUT2D eigenvalue weighted by molar-refractivity contribution is 0.0977. The zero-order chi connectivity index (χ0) is 38.8. The van der Waals surface area contributed by atoms with Gasteiger partial charge in [0.05, 0.1) is 0 Å². The van der Waals surface area contributed by atoms with E-state index in [0.29, 0.717) is 0 Å². The maximum Gasteiger partial charge on any atom is 0.0324 e. The molecule has 11 rings (SSSR count). The first-order chi connectivity index (χ1) is 27.6. The molecule has 10 aromatic carbocycles. The molecule has 0 unspecified atom stereocenters. The molecule has 0 heterocycles. The van der Waals surface area contributed by atoms with Crippen molar-refractivity contribution in [3.63, 3.8) is 0 Å². The van der Waals surface area contributed by atoms with Gasteiger partial charge < -0.3 is 0 Å². The zero-order valence-electron chi connectivity index (χ0n) is 33.7. The van der Waals surface area contributed by atoms with Gasteiger partial charge in [0.15, 0.2) is 0 Å². The molecule has 0 aromatic heterocycles. The van der Waals surface area contributed by atoms with Crippen LogP contribution in [0, 0.1) is 10.8 Å². The van der Waals surface area contributed by atoms with E-state index >= 15 is 0 Å². The van der Waals surface area contributed by atoms with Crippen LogP contribution in [0.3, 0.4) is 0 Å². The van der Waals surface area contributed by atoms with Gasteiger partial charge in [-0.2, -0.15) is 0 Å². The Kier molecular flexibility index (Phi) is 7.10. The van der Waals surface area contributed by atoms with E-state index in [2.05, 4.69) is 211 Å². The molecule has 0 saturated carbocycles. The number of hydrogen-bond donors (Lipinski definition) is 0. The van der Waals surface area contributed by atoms with Crippen LogP contribution in [0.5, 0.6) is 0 Å². The minimum Gasteiger partial charge on any atom is -0.0616 e. The first kappa shape index (κ1) is 34.0. The average Bonchev–Trinajstić information content (AvgIpc) is 3.57. The largest absolute Gasteiger partial charge is 0.0616 e. The molecule has 10 aromatic rings. The van der Waals surface area contributed by atoms with Gasteiger partial charge in [-0.05, 0) is 126 Å². The second-order valence-electron chi connectivity index (χ2n) is 18.4. The monoisotopic (exact) mass is 730 g/mol. The van der Waals surface area contributed by atoms with Crippen molar-refractivity contribution in [2.24, 2.45) is 10.8 Å². The first-order valence-electron chi connectivity index (χ1n) is 20.5. The van der Waals surface area contributed by atoms with Crippen molar-refractivity contribution >= 4 is 64.6 Å². The van der Waals surface area contributed by atoms with Crippen LogP contribution in [0.15, 0.2) is 170 Å². The molecule has 0 spiro atoms. The Hall–Kier alpha value is -6.24. The molecule has 1 aliphatic rings. The molecule has 0 fully saturated rings. The lowest BCUT2D eigenvalue weighted by Gasteiger charge is -2.54. The van der Waals surface area contributed by atoms with Gasteiger partial charge in [-0.1, -0.05) is 205 Å². The van der Waals surface area contributed by atoms with E-state index < -0.39 is 0 Å². The van der Waals surface area contributed by atoms with Gasteiger partial charge in [-0.15, -0.1) is 0 Å². The van der Waals surface area contributed by atoms with E-state index in [9.17, 15) is 0 Å². The highest BCUT2D eigenvalue weighted by Crippen LogP contribution is 2.68. The highest BCUT2D eigenvalue weighted by Gasteiger charge is 2.59. The fraction of sp³-hybridized carbons (Fsp3) is 0.158. The fourth-order valence-electron chi connectivity index (χ4n) is 11.8. The van der Waals surface area contributed by atoms with Crippen LogP contribution in [0.1, 0.15) is 52.7 Å². The quantitative estimate of drug-likeness (QED) is 0.123. The summed E-state index contributed by atoms with van der Waals surface area (Å²) in [5, 5.41) is 15.7. The summed E-state index contributed by atoms with van der Waals surface area (Å²) in [5.74, 6) is 0. The minimum absolute atomic E-state index is 0.104. The van der Waals surface area contributed by atoms with Gasteiger partial charge >= 0.3 is 0 Å². The van der Waals surface area contributed by atoms with E-state index in [1.807, 2.05) is 0 Å². The second kappa shape index (κ2) is 11.9. The lowest BCUT2D eigenvalue weighted by Crippen LogP contribution is -2.50. The molecule has 0 nitrogen and oxygen atoms in total. The summed E-state index contributed by atoms with van der Waals surface area (Å²) in [6.45, 7) is 14.9. The number of benzene rings is 10. The standard InChI is InChI=1S/C57H46/c1-55(2,3)57(56(4,5)6)53-39-32-31-37(34-36(39)30-33-49(53)52-43-23-11-9-21-40(43)41-22-10-16-28-48(41)54(52)57)50-44-24-12-14-26-46(44)51(47-27-15-13-25-45(47)50)42-29-17-19-35-18-7-8-20-38(35)42/h7-34H,1-6H3. The SMILES string of the molecule is CC(C)(C)C1(C(C)(C)C)c2c(ccc3cc(-c4c5ccccc5c(-c5cccc6ccccc56)c5ccccc45)ccc23)-c2c1c1ccccc1c1ccccc21. The smallest absolute Gasteiger partial charge is 0.0324 e. The van der Waals surface area contributed by atoms with Gasteiger partial charge in [-0.3, -0.25) is 0 Å². The van der Waals surface area contributed by atoms with Gasteiger partial charge in [-0.25, -0.2) is 0 Å². The molecular formula is C57H46. The summed E-state index contributed by atoms with van der Waals surface area (Å²) in [6, 6.07) is 64.1. The number of rotatable bonds is 2. The van der Waals surface area contributed by atoms with Gasteiger partial charge in [0.25, 0.3) is 0 Å². The highest BCUT2D eigenvalue weighted by molar-refractivity contribution is 6.24. The Bertz CT molecular complexity index is 3230. The molecule has 0 saturated heterocycles. The molecule has 57 heavy (non-hydrogen) atoms. The third kappa shape index (κ3) is 4.50.